The molecule has 18 heavy (non-hydrogen) atoms. The Morgan fingerprint density at radius 2 is 2.28 bits per heavy atom. The standard InChI is InChI=1S/C12H20N2O2S2/c1-9-4-3-5-14(8-9)18(15,16)12-6-11(7-13)17-10(12)2/h6,9H,3-5,7-8,13H2,1-2H3. The minimum Gasteiger partial charge on any atom is -0.326 e. The molecule has 2 rings (SSSR count). The fourth-order valence-electron chi connectivity index (χ4n) is 2.38. The van der Waals surface area contributed by atoms with Crippen molar-refractivity contribution in [3.05, 3.63) is 15.8 Å². The molecular weight excluding hydrogens is 268 g/mol. The molecule has 0 radical (unpaired) electrons. The summed E-state index contributed by atoms with van der Waals surface area (Å²) in [5.41, 5.74) is 5.58. The quantitative estimate of drug-likeness (QED) is 0.924. The third kappa shape index (κ3) is 2.61. The molecule has 1 aromatic heterocycles. The van der Waals surface area contributed by atoms with E-state index in [1.165, 1.54) is 11.3 Å². The van der Waals surface area contributed by atoms with E-state index in [2.05, 4.69) is 6.92 Å². The summed E-state index contributed by atoms with van der Waals surface area (Å²) < 4.78 is 26.8. The number of sulfonamides is 1. The average molecular weight is 288 g/mol. The van der Waals surface area contributed by atoms with Gasteiger partial charge in [-0.3, -0.25) is 0 Å². The van der Waals surface area contributed by atoms with Crippen molar-refractivity contribution in [1.29, 1.82) is 0 Å². The molecule has 1 unspecified atom stereocenters. The lowest BCUT2D eigenvalue weighted by Gasteiger charge is -2.29. The third-order valence-corrected chi connectivity index (χ3v) is 6.56. The Hall–Kier alpha value is -0.430. The molecule has 0 saturated carbocycles. The first-order valence-electron chi connectivity index (χ1n) is 6.24. The summed E-state index contributed by atoms with van der Waals surface area (Å²) in [6.45, 7) is 5.63. The zero-order valence-corrected chi connectivity index (χ0v) is 12.5. The van der Waals surface area contributed by atoms with Crippen LogP contribution in [0, 0.1) is 12.8 Å². The van der Waals surface area contributed by atoms with Gasteiger partial charge in [0.2, 0.25) is 10.0 Å². The first-order valence-corrected chi connectivity index (χ1v) is 8.50. The van der Waals surface area contributed by atoms with Crippen LogP contribution in [0.3, 0.4) is 0 Å². The van der Waals surface area contributed by atoms with Crippen LogP contribution < -0.4 is 5.73 Å². The van der Waals surface area contributed by atoms with Crippen molar-refractivity contribution in [2.45, 2.75) is 38.1 Å². The van der Waals surface area contributed by atoms with Gasteiger partial charge in [-0.05, 0) is 31.7 Å². The van der Waals surface area contributed by atoms with E-state index >= 15 is 0 Å². The van der Waals surface area contributed by atoms with E-state index in [0.29, 0.717) is 30.4 Å². The average Bonchev–Trinajstić information content (AvgIpc) is 2.71. The molecule has 1 saturated heterocycles. The predicted molar refractivity (Wildman–Crippen MR) is 74.1 cm³/mol. The van der Waals surface area contributed by atoms with Crippen LogP contribution in [-0.2, 0) is 16.6 Å². The van der Waals surface area contributed by atoms with Gasteiger partial charge in [-0.25, -0.2) is 8.42 Å². The zero-order chi connectivity index (χ0) is 13.3. The molecule has 2 N–H and O–H groups in total. The Balaban J connectivity index is 2.32. The molecule has 1 atom stereocenters. The summed E-state index contributed by atoms with van der Waals surface area (Å²) in [5, 5.41) is 0. The van der Waals surface area contributed by atoms with Crippen LogP contribution in [0.25, 0.3) is 0 Å². The van der Waals surface area contributed by atoms with E-state index in [0.717, 1.165) is 22.6 Å². The number of hydrogen-bond acceptors (Lipinski definition) is 4. The number of nitrogens with two attached hydrogens (primary N) is 1. The maximum absolute atomic E-state index is 12.6. The second kappa shape index (κ2) is 5.28. The first kappa shape index (κ1) is 14.0. The van der Waals surface area contributed by atoms with Gasteiger partial charge in [0.15, 0.2) is 0 Å². The molecule has 0 spiro atoms. The van der Waals surface area contributed by atoms with E-state index in [9.17, 15) is 8.42 Å². The summed E-state index contributed by atoms with van der Waals surface area (Å²) in [7, 11) is -3.33. The summed E-state index contributed by atoms with van der Waals surface area (Å²) in [4.78, 5) is 2.21. The van der Waals surface area contributed by atoms with Gasteiger partial charge in [0.1, 0.15) is 0 Å². The fourth-order valence-corrected chi connectivity index (χ4v) is 5.47. The second-order valence-corrected chi connectivity index (χ2v) is 8.19. The van der Waals surface area contributed by atoms with Gasteiger partial charge in [0, 0.05) is 29.4 Å². The number of thiophene rings is 1. The number of piperidine rings is 1. The Kier molecular flexibility index (Phi) is 4.11. The highest BCUT2D eigenvalue weighted by Gasteiger charge is 2.30. The SMILES string of the molecule is Cc1sc(CN)cc1S(=O)(=O)N1CCCC(C)C1. The highest BCUT2D eigenvalue weighted by atomic mass is 32.2. The van der Waals surface area contributed by atoms with Crippen molar-refractivity contribution in [2.24, 2.45) is 11.7 Å². The topological polar surface area (TPSA) is 63.4 Å². The van der Waals surface area contributed by atoms with Crippen LogP contribution >= 0.6 is 11.3 Å². The van der Waals surface area contributed by atoms with Gasteiger partial charge in [-0.2, -0.15) is 4.31 Å². The summed E-state index contributed by atoms with van der Waals surface area (Å²) in [6, 6.07) is 1.73. The van der Waals surface area contributed by atoms with Crippen LogP contribution in [0.5, 0.6) is 0 Å². The number of hydrogen-bond donors (Lipinski definition) is 1. The van der Waals surface area contributed by atoms with Crippen LogP contribution in [0.15, 0.2) is 11.0 Å². The van der Waals surface area contributed by atoms with Crippen molar-refractivity contribution in [3.63, 3.8) is 0 Å². The van der Waals surface area contributed by atoms with E-state index < -0.39 is 10.0 Å². The molecule has 0 aromatic carbocycles. The maximum Gasteiger partial charge on any atom is 0.244 e. The Morgan fingerprint density at radius 1 is 1.56 bits per heavy atom. The van der Waals surface area contributed by atoms with Crippen molar-refractivity contribution >= 4 is 21.4 Å². The Morgan fingerprint density at radius 3 is 2.83 bits per heavy atom. The van der Waals surface area contributed by atoms with Gasteiger partial charge in [0.05, 0.1) is 4.90 Å². The first-order chi connectivity index (χ1) is 8.45. The van der Waals surface area contributed by atoms with Crippen LogP contribution in [-0.4, -0.2) is 25.8 Å². The number of rotatable bonds is 3. The second-order valence-electron chi connectivity index (χ2n) is 4.95. The summed E-state index contributed by atoms with van der Waals surface area (Å²) in [6.07, 6.45) is 2.07. The number of aryl methyl sites for hydroxylation is 1. The van der Waals surface area contributed by atoms with Crippen molar-refractivity contribution in [3.8, 4) is 0 Å². The van der Waals surface area contributed by atoms with Crippen molar-refractivity contribution < 1.29 is 8.42 Å². The van der Waals surface area contributed by atoms with Gasteiger partial charge in [-0.1, -0.05) is 6.92 Å². The lowest BCUT2D eigenvalue weighted by molar-refractivity contribution is 0.281. The van der Waals surface area contributed by atoms with E-state index in [1.54, 1.807) is 10.4 Å². The molecule has 4 nitrogen and oxygen atoms in total. The molecule has 0 bridgehead atoms. The molecule has 1 aromatic rings. The Bertz CT molecular complexity index is 522. The third-order valence-electron chi connectivity index (χ3n) is 3.36. The fraction of sp³-hybridized carbons (Fsp3) is 0.667. The highest BCUT2D eigenvalue weighted by Crippen LogP contribution is 2.30. The molecule has 102 valence electrons. The minimum atomic E-state index is -3.33. The monoisotopic (exact) mass is 288 g/mol. The largest absolute Gasteiger partial charge is 0.326 e. The van der Waals surface area contributed by atoms with Gasteiger partial charge in [0.25, 0.3) is 0 Å². The Labute approximate surface area is 113 Å². The molecular formula is C12H20N2O2S2. The minimum absolute atomic E-state index is 0.400. The van der Waals surface area contributed by atoms with Crippen LogP contribution in [0.4, 0.5) is 0 Å². The van der Waals surface area contributed by atoms with E-state index in [-0.39, 0.29) is 0 Å². The predicted octanol–water partition coefficient (Wildman–Crippen LogP) is 1.94. The normalized spacial score (nSPS) is 22.3. The van der Waals surface area contributed by atoms with Crippen LogP contribution in [0.1, 0.15) is 29.5 Å². The van der Waals surface area contributed by atoms with Gasteiger partial charge in [-0.15, -0.1) is 11.3 Å². The van der Waals surface area contributed by atoms with E-state index in [1.807, 2.05) is 6.92 Å². The summed E-state index contributed by atoms with van der Waals surface area (Å²) >= 11 is 1.48. The smallest absolute Gasteiger partial charge is 0.244 e. The molecule has 1 aliphatic heterocycles. The zero-order valence-electron chi connectivity index (χ0n) is 10.8. The van der Waals surface area contributed by atoms with Gasteiger partial charge < -0.3 is 5.73 Å². The molecule has 0 amide bonds. The molecule has 2 heterocycles. The number of nitrogens with zero attached hydrogens (tertiary/aromatic N) is 1. The lowest BCUT2D eigenvalue weighted by atomic mass is 10.0. The molecule has 6 heteroatoms. The summed E-state index contributed by atoms with van der Waals surface area (Å²) in [5.74, 6) is 0.446. The highest BCUT2D eigenvalue weighted by molar-refractivity contribution is 7.89. The molecule has 0 aliphatic carbocycles. The van der Waals surface area contributed by atoms with E-state index in [4.69, 9.17) is 5.73 Å². The van der Waals surface area contributed by atoms with Crippen LogP contribution in [0.2, 0.25) is 0 Å². The van der Waals surface area contributed by atoms with Crippen molar-refractivity contribution in [2.75, 3.05) is 13.1 Å². The maximum atomic E-state index is 12.6. The lowest BCUT2D eigenvalue weighted by Crippen LogP contribution is -2.39. The molecule has 1 aliphatic rings. The van der Waals surface area contributed by atoms with Crippen molar-refractivity contribution in [1.82, 2.24) is 4.31 Å². The van der Waals surface area contributed by atoms with Gasteiger partial charge >= 0.3 is 0 Å². The molecule has 1 fully saturated rings.